The Morgan fingerprint density at radius 3 is 2.79 bits per heavy atom. The second kappa shape index (κ2) is 8.54. The number of carbonyl (C=O) groups is 1. The minimum absolute atomic E-state index is 0.119. The largest absolute Gasteiger partial charge is 0.411 e. The highest BCUT2D eigenvalue weighted by molar-refractivity contribution is 9.10. The highest BCUT2D eigenvalue weighted by Gasteiger charge is 2.21. The van der Waals surface area contributed by atoms with Crippen LogP contribution >= 0.6 is 15.9 Å². The van der Waals surface area contributed by atoms with E-state index in [-0.39, 0.29) is 40.2 Å². The molecule has 0 radical (unpaired) electrons. The molecule has 0 amide bonds. The van der Waals surface area contributed by atoms with Crippen LogP contribution in [-0.2, 0) is 12.8 Å². The first-order valence-corrected chi connectivity index (χ1v) is 8.81. The molecule has 0 bridgehead atoms. The van der Waals surface area contributed by atoms with Gasteiger partial charge in [-0.05, 0) is 50.9 Å². The molecule has 0 spiro atoms. The lowest BCUT2D eigenvalue weighted by Crippen LogP contribution is -2.12. The molecule has 0 saturated carbocycles. The van der Waals surface area contributed by atoms with E-state index in [0.717, 1.165) is 0 Å². The summed E-state index contributed by atoms with van der Waals surface area (Å²) in [5, 5.41) is 29.1. The maximum absolute atomic E-state index is 13.4. The SMILES string of the molecule is N#Cc1cccc(C(=O)Cc2nonc2/C(Cc2ccc(F)c(Br)c2)=N/O)c1. The number of nitriles is 1. The molecular weight excluding hydrogens is 431 g/mol. The third-order valence-corrected chi connectivity index (χ3v) is 4.56. The van der Waals surface area contributed by atoms with Crippen LogP contribution in [0, 0.1) is 17.1 Å². The fourth-order valence-corrected chi connectivity index (χ4v) is 2.99. The molecule has 1 aromatic heterocycles. The third-order valence-electron chi connectivity index (χ3n) is 3.95. The van der Waals surface area contributed by atoms with Crippen LogP contribution in [0.2, 0.25) is 0 Å². The topological polar surface area (TPSA) is 112 Å². The minimum atomic E-state index is -0.416. The molecule has 0 aliphatic carbocycles. The first kappa shape index (κ1) is 19.4. The summed E-state index contributed by atoms with van der Waals surface area (Å²) < 4.78 is 18.4. The van der Waals surface area contributed by atoms with Gasteiger partial charge in [0.25, 0.3) is 0 Å². The Kier molecular flexibility index (Phi) is 5.91. The maximum atomic E-state index is 13.4. The summed E-state index contributed by atoms with van der Waals surface area (Å²) in [5.41, 5.74) is 1.81. The zero-order valence-electron chi connectivity index (χ0n) is 14.3. The quantitative estimate of drug-likeness (QED) is 0.269. The molecule has 3 aromatic rings. The number of rotatable bonds is 6. The van der Waals surface area contributed by atoms with E-state index in [1.807, 2.05) is 6.07 Å². The molecule has 0 fully saturated rings. The van der Waals surface area contributed by atoms with Crippen molar-refractivity contribution in [3.05, 3.63) is 80.8 Å². The zero-order chi connectivity index (χ0) is 20.1. The monoisotopic (exact) mass is 442 g/mol. The van der Waals surface area contributed by atoms with E-state index >= 15 is 0 Å². The number of Topliss-reactive ketones (excluding diaryl/α,β-unsaturated/α-hetero) is 1. The van der Waals surface area contributed by atoms with Crippen molar-refractivity contribution in [2.45, 2.75) is 12.8 Å². The Labute approximate surface area is 167 Å². The molecule has 9 heteroatoms. The van der Waals surface area contributed by atoms with Gasteiger partial charge in [-0.1, -0.05) is 28.5 Å². The van der Waals surface area contributed by atoms with Crippen molar-refractivity contribution >= 4 is 27.4 Å². The van der Waals surface area contributed by atoms with Gasteiger partial charge in [0.15, 0.2) is 11.5 Å². The first-order chi connectivity index (χ1) is 13.5. The van der Waals surface area contributed by atoms with Gasteiger partial charge < -0.3 is 5.21 Å². The van der Waals surface area contributed by atoms with Crippen LogP contribution in [0.5, 0.6) is 0 Å². The molecule has 7 nitrogen and oxygen atoms in total. The summed E-state index contributed by atoms with van der Waals surface area (Å²) in [5.74, 6) is -0.712. The third kappa shape index (κ3) is 4.29. The lowest BCUT2D eigenvalue weighted by Gasteiger charge is -2.05. The second-order valence-corrected chi connectivity index (χ2v) is 6.68. The average molecular weight is 443 g/mol. The Bertz CT molecular complexity index is 1100. The van der Waals surface area contributed by atoms with E-state index in [4.69, 9.17) is 9.89 Å². The molecule has 2 aromatic carbocycles. The summed E-state index contributed by atoms with van der Waals surface area (Å²) >= 11 is 3.10. The lowest BCUT2D eigenvalue weighted by molar-refractivity contribution is 0.0990. The van der Waals surface area contributed by atoms with E-state index in [1.165, 1.54) is 18.2 Å². The van der Waals surface area contributed by atoms with E-state index in [0.29, 0.717) is 16.7 Å². The Balaban J connectivity index is 1.82. The zero-order valence-corrected chi connectivity index (χ0v) is 15.9. The minimum Gasteiger partial charge on any atom is -0.411 e. The molecule has 0 saturated heterocycles. The van der Waals surface area contributed by atoms with Crippen molar-refractivity contribution in [3.8, 4) is 6.07 Å². The molecule has 0 aliphatic heterocycles. The van der Waals surface area contributed by atoms with Crippen molar-refractivity contribution in [2.24, 2.45) is 5.16 Å². The normalized spacial score (nSPS) is 11.2. The lowest BCUT2D eigenvalue weighted by atomic mass is 10.0. The Morgan fingerprint density at radius 2 is 2.07 bits per heavy atom. The van der Waals surface area contributed by atoms with Gasteiger partial charge >= 0.3 is 0 Å². The Morgan fingerprint density at radius 1 is 1.25 bits per heavy atom. The van der Waals surface area contributed by atoms with Crippen molar-refractivity contribution in [2.75, 3.05) is 0 Å². The van der Waals surface area contributed by atoms with Crippen molar-refractivity contribution in [1.29, 1.82) is 5.26 Å². The molecule has 3 rings (SSSR count). The summed E-state index contributed by atoms with van der Waals surface area (Å²) in [6.07, 6.45) is -0.0332. The Hall–Kier alpha value is -3.38. The van der Waals surface area contributed by atoms with Crippen LogP contribution in [0.15, 0.2) is 56.7 Å². The highest BCUT2D eigenvalue weighted by atomic mass is 79.9. The summed E-state index contributed by atoms with van der Waals surface area (Å²) in [6.45, 7) is 0. The predicted molar refractivity (Wildman–Crippen MR) is 99.6 cm³/mol. The number of hydrogen-bond donors (Lipinski definition) is 1. The summed E-state index contributed by atoms with van der Waals surface area (Å²) in [4.78, 5) is 12.5. The highest BCUT2D eigenvalue weighted by Crippen LogP contribution is 2.19. The fraction of sp³-hybridized carbons (Fsp3) is 0.105. The first-order valence-electron chi connectivity index (χ1n) is 8.02. The molecule has 1 heterocycles. The van der Waals surface area contributed by atoms with Crippen LogP contribution in [0.1, 0.15) is 32.9 Å². The molecular formula is C19H12BrFN4O3. The number of hydrogen-bond acceptors (Lipinski definition) is 7. The molecule has 0 unspecified atom stereocenters. The number of benzene rings is 2. The van der Waals surface area contributed by atoms with Gasteiger partial charge in [0.05, 0.1) is 22.5 Å². The predicted octanol–water partition coefficient (Wildman–Crippen LogP) is 3.69. The number of carbonyl (C=O) groups excluding carboxylic acids is 1. The molecule has 0 atom stereocenters. The molecule has 28 heavy (non-hydrogen) atoms. The number of halogens is 2. The van der Waals surface area contributed by atoms with E-state index < -0.39 is 5.82 Å². The van der Waals surface area contributed by atoms with Gasteiger partial charge in [-0.3, -0.25) is 4.79 Å². The van der Waals surface area contributed by atoms with Gasteiger partial charge in [0, 0.05) is 12.0 Å². The van der Waals surface area contributed by atoms with Gasteiger partial charge in [0.2, 0.25) is 0 Å². The molecule has 0 aliphatic rings. The van der Waals surface area contributed by atoms with E-state index in [2.05, 4.69) is 31.4 Å². The summed E-state index contributed by atoms with van der Waals surface area (Å²) in [7, 11) is 0. The fourth-order valence-electron chi connectivity index (χ4n) is 2.57. The standard InChI is InChI=1S/C19H12BrFN4O3/c20-14-7-11(4-5-15(14)21)8-16(23-27)19-17(24-28-25-19)9-18(26)13-3-1-2-12(6-13)10-22/h1-7,27H,8-9H2/b23-16+. The number of nitrogens with zero attached hydrogens (tertiary/aromatic N) is 4. The van der Waals surface area contributed by atoms with Crippen molar-refractivity contribution in [3.63, 3.8) is 0 Å². The maximum Gasteiger partial charge on any atom is 0.169 e. The number of ketones is 1. The number of oxime groups is 1. The average Bonchev–Trinajstić information content (AvgIpc) is 3.16. The van der Waals surface area contributed by atoms with Crippen molar-refractivity contribution in [1.82, 2.24) is 10.3 Å². The van der Waals surface area contributed by atoms with Gasteiger partial charge in [0.1, 0.15) is 17.2 Å². The smallest absolute Gasteiger partial charge is 0.169 e. The number of aromatic nitrogens is 2. The van der Waals surface area contributed by atoms with Gasteiger partial charge in [-0.2, -0.15) is 5.26 Å². The van der Waals surface area contributed by atoms with Gasteiger partial charge in [-0.15, -0.1) is 0 Å². The van der Waals surface area contributed by atoms with E-state index in [9.17, 15) is 14.4 Å². The summed E-state index contributed by atoms with van der Waals surface area (Å²) in [6, 6.07) is 12.6. The second-order valence-electron chi connectivity index (χ2n) is 5.82. The van der Waals surface area contributed by atoms with E-state index in [1.54, 1.807) is 24.3 Å². The van der Waals surface area contributed by atoms with Crippen molar-refractivity contribution < 1.29 is 19.0 Å². The van der Waals surface area contributed by atoms with Crippen LogP contribution in [0.3, 0.4) is 0 Å². The molecule has 1 N–H and O–H groups in total. The van der Waals surface area contributed by atoms with Gasteiger partial charge in [-0.25, -0.2) is 9.02 Å². The van der Waals surface area contributed by atoms with Crippen LogP contribution in [0.4, 0.5) is 4.39 Å². The molecule has 140 valence electrons. The van der Waals surface area contributed by atoms with Crippen LogP contribution in [-0.4, -0.2) is 27.0 Å². The van der Waals surface area contributed by atoms with Crippen LogP contribution in [0.25, 0.3) is 0 Å². The van der Waals surface area contributed by atoms with Crippen LogP contribution < -0.4 is 0 Å².